The Balaban J connectivity index is 0.000000214. The van der Waals surface area contributed by atoms with Crippen molar-refractivity contribution in [2.24, 2.45) is 0 Å². The van der Waals surface area contributed by atoms with Crippen molar-refractivity contribution in [2.75, 3.05) is 0 Å². The minimum absolute atomic E-state index is 0. The molecule has 0 N–H and O–H groups in total. The molecular weight excluding hydrogens is 887 g/mol. The predicted octanol–water partition coefficient (Wildman–Crippen LogP) is 17.0. The molecule has 4 heterocycles. The number of pyridine rings is 4. The van der Waals surface area contributed by atoms with Gasteiger partial charge in [-0.1, -0.05) is 315 Å². The number of para-hydroxylation sites is 4. The summed E-state index contributed by atoms with van der Waals surface area (Å²) in [5.41, 5.74) is 3.73. The van der Waals surface area contributed by atoms with E-state index >= 15 is 0 Å². The Morgan fingerprint density at radius 2 is 0.333 bits per heavy atom. The van der Waals surface area contributed by atoms with Crippen molar-refractivity contribution in [1.29, 1.82) is 0 Å². The van der Waals surface area contributed by atoms with Crippen LogP contribution in [-0.4, -0.2) is 19.9 Å². The molecule has 4 aromatic heterocycles. The minimum atomic E-state index is 0. The van der Waals surface area contributed by atoms with Crippen LogP contribution in [0.1, 0.15) is 0 Å². The normalized spacial score (nSPS) is 8.97. The maximum atomic E-state index is 4.33. The van der Waals surface area contributed by atoms with Crippen LogP contribution >= 0.6 is 0 Å². The molecule has 0 unspecified atom stereocenters. The fourth-order valence-corrected chi connectivity index (χ4v) is 4.99. The van der Waals surface area contributed by atoms with E-state index in [9.17, 15) is 0 Å². The third kappa shape index (κ3) is 24.2. The summed E-state index contributed by atoms with van der Waals surface area (Å²) in [5.74, 6) is 2.98. The van der Waals surface area contributed by atoms with Gasteiger partial charge in [0.05, 0.1) is 0 Å². The standard InChI is InChI=1S/4C11H9N2.2C6H6.2V/c4*1-2-6-10(7-3-1)13-11-8-4-5-9-12-11;2*1-2-4-6-5-3-1;;/h4*1-9H;2*1-6H;;/q4*-1;;;2*+2. The van der Waals surface area contributed by atoms with Crippen LogP contribution in [0, 0.1) is 0 Å². The Kier molecular flexibility index (Phi) is 27.7. The second-order valence-electron chi connectivity index (χ2n) is 12.9. The smallest absolute Gasteiger partial charge is 0.443 e. The van der Waals surface area contributed by atoms with Gasteiger partial charge in [-0.15, -0.1) is 0 Å². The van der Waals surface area contributed by atoms with Gasteiger partial charge in [0, 0.05) is 0 Å². The van der Waals surface area contributed by atoms with Gasteiger partial charge in [-0.2, -0.15) is 0 Å². The Labute approximate surface area is 413 Å². The Bertz CT molecular complexity index is 2020. The second-order valence-corrected chi connectivity index (χ2v) is 12.9. The largest absolute Gasteiger partial charge is 2.00 e. The molecule has 10 aromatic rings. The van der Waals surface area contributed by atoms with Gasteiger partial charge >= 0.3 is 37.1 Å². The Morgan fingerprint density at radius 3 is 0.485 bits per heavy atom. The molecule has 0 atom stereocenters. The Hall–Kier alpha value is -7.71. The van der Waals surface area contributed by atoms with E-state index in [1.807, 2.05) is 267 Å². The van der Waals surface area contributed by atoms with E-state index in [1.54, 1.807) is 24.8 Å². The molecule has 0 bridgehead atoms. The summed E-state index contributed by atoms with van der Waals surface area (Å²) in [4.78, 5) is 16.4. The van der Waals surface area contributed by atoms with E-state index in [4.69, 9.17) is 0 Å². The fourth-order valence-electron chi connectivity index (χ4n) is 4.99. The van der Waals surface area contributed by atoms with Crippen molar-refractivity contribution in [3.8, 4) is 0 Å². The second kappa shape index (κ2) is 34.7. The zero-order valence-corrected chi connectivity index (χ0v) is 39.0. The molecule has 0 aliphatic carbocycles. The molecule has 0 saturated carbocycles. The summed E-state index contributed by atoms with van der Waals surface area (Å²) in [5, 5.41) is 17.3. The molecular formula is C56H48N8V2. The number of nitrogens with zero attached hydrogens (tertiary/aromatic N) is 8. The number of hydrogen-bond donors (Lipinski definition) is 0. The van der Waals surface area contributed by atoms with E-state index in [-0.39, 0.29) is 37.1 Å². The van der Waals surface area contributed by atoms with Gasteiger partial charge in [-0.25, -0.2) is 0 Å². The van der Waals surface area contributed by atoms with Crippen molar-refractivity contribution in [2.45, 2.75) is 0 Å². The first-order chi connectivity index (χ1) is 31.8. The van der Waals surface area contributed by atoms with Gasteiger partial charge in [0.2, 0.25) is 0 Å². The molecule has 6 aromatic carbocycles. The number of benzene rings is 6. The SMILES string of the molecule is [V+2].[V+2].c1ccc([N-]c2ccccn2)cc1.c1ccc([N-]c2ccccn2)cc1.c1ccc([N-]c2ccccn2)cc1.c1ccc([N-]c2ccccn2)cc1.c1ccccc1.c1ccccc1. The van der Waals surface area contributed by atoms with Gasteiger partial charge in [0.15, 0.2) is 0 Å². The molecule has 0 fully saturated rings. The van der Waals surface area contributed by atoms with Crippen molar-refractivity contribution in [3.05, 3.63) is 313 Å². The van der Waals surface area contributed by atoms with Crippen LogP contribution in [0.3, 0.4) is 0 Å². The Morgan fingerprint density at radius 1 is 0.182 bits per heavy atom. The fraction of sp³-hybridized carbons (Fsp3) is 0. The molecule has 10 rings (SSSR count). The average molecular weight is 935 g/mol. The van der Waals surface area contributed by atoms with Gasteiger partial charge < -0.3 is 41.2 Å². The summed E-state index contributed by atoms with van der Waals surface area (Å²) in [6.45, 7) is 0. The predicted molar refractivity (Wildman–Crippen MR) is 266 cm³/mol. The monoisotopic (exact) mass is 934 g/mol. The summed E-state index contributed by atoms with van der Waals surface area (Å²) >= 11 is 0. The first-order valence-corrected chi connectivity index (χ1v) is 20.5. The van der Waals surface area contributed by atoms with Crippen LogP contribution in [0.25, 0.3) is 21.3 Å². The van der Waals surface area contributed by atoms with Crippen molar-refractivity contribution >= 4 is 46.0 Å². The van der Waals surface area contributed by atoms with E-state index in [1.165, 1.54) is 0 Å². The number of aromatic nitrogens is 4. The topological polar surface area (TPSA) is 108 Å². The van der Waals surface area contributed by atoms with E-state index in [0.717, 1.165) is 46.0 Å². The molecule has 0 spiro atoms. The van der Waals surface area contributed by atoms with Crippen LogP contribution in [-0.2, 0) is 37.1 Å². The first-order valence-electron chi connectivity index (χ1n) is 20.5. The van der Waals surface area contributed by atoms with Crippen molar-refractivity contribution in [1.82, 2.24) is 19.9 Å². The molecule has 0 saturated heterocycles. The number of hydrogen-bond acceptors (Lipinski definition) is 4. The minimum Gasteiger partial charge on any atom is -0.443 e. The quantitative estimate of drug-likeness (QED) is 0.151. The summed E-state index contributed by atoms with van der Waals surface area (Å²) < 4.78 is 0. The molecule has 8 nitrogen and oxygen atoms in total. The maximum absolute atomic E-state index is 4.33. The third-order valence-corrected chi connectivity index (χ3v) is 7.93. The molecule has 2 radical (unpaired) electrons. The van der Waals surface area contributed by atoms with Crippen molar-refractivity contribution < 1.29 is 37.1 Å². The zero-order chi connectivity index (χ0) is 44.2. The van der Waals surface area contributed by atoms with Crippen LogP contribution in [0.4, 0.5) is 46.0 Å². The van der Waals surface area contributed by atoms with Gasteiger partial charge in [0.1, 0.15) is 0 Å². The van der Waals surface area contributed by atoms with E-state index in [0.29, 0.717) is 0 Å². The van der Waals surface area contributed by atoms with Crippen LogP contribution in [0.2, 0.25) is 0 Å². The van der Waals surface area contributed by atoms with Gasteiger partial charge in [-0.3, -0.25) is 0 Å². The molecule has 66 heavy (non-hydrogen) atoms. The van der Waals surface area contributed by atoms with Crippen molar-refractivity contribution in [3.63, 3.8) is 0 Å². The van der Waals surface area contributed by atoms with E-state index < -0.39 is 0 Å². The molecule has 0 aliphatic rings. The number of rotatable bonds is 8. The maximum Gasteiger partial charge on any atom is 2.00 e. The van der Waals surface area contributed by atoms with Crippen LogP contribution in [0.5, 0.6) is 0 Å². The van der Waals surface area contributed by atoms with Crippen LogP contribution < -0.4 is 0 Å². The summed E-state index contributed by atoms with van der Waals surface area (Å²) in [6, 6.07) is 85.9. The molecule has 0 amide bonds. The zero-order valence-electron chi connectivity index (χ0n) is 36.2. The summed E-state index contributed by atoms with van der Waals surface area (Å²) in [6.07, 6.45) is 6.95. The van der Waals surface area contributed by atoms with Crippen LogP contribution in [0.15, 0.2) is 292 Å². The summed E-state index contributed by atoms with van der Waals surface area (Å²) in [7, 11) is 0. The third-order valence-electron chi connectivity index (χ3n) is 7.93. The molecule has 322 valence electrons. The van der Waals surface area contributed by atoms with E-state index in [2.05, 4.69) is 41.2 Å². The van der Waals surface area contributed by atoms with Gasteiger partial charge in [0.25, 0.3) is 0 Å². The first kappa shape index (κ1) is 52.6. The molecule has 0 aliphatic heterocycles. The molecule has 10 heteroatoms. The van der Waals surface area contributed by atoms with Gasteiger partial charge in [-0.05, 0) is 22.7 Å². The average Bonchev–Trinajstić information content (AvgIpc) is 3.39.